The summed E-state index contributed by atoms with van der Waals surface area (Å²) in [6.07, 6.45) is -0.0702. The third kappa shape index (κ3) is 5.80. The van der Waals surface area contributed by atoms with Crippen LogP contribution < -0.4 is 5.32 Å². The van der Waals surface area contributed by atoms with Gasteiger partial charge in [0, 0.05) is 37.9 Å². The van der Waals surface area contributed by atoms with Gasteiger partial charge in [0.15, 0.2) is 5.11 Å². The summed E-state index contributed by atoms with van der Waals surface area (Å²) in [4.78, 5) is 4.55. The van der Waals surface area contributed by atoms with E-state index in [4.69, 9.17) is 17.0 Å². The Morgan fingerprint density at radius 1 is 1.19 bits per heavy atom. The molecule has 2 aliphatic heterocycles. The molecule has 27 heavy (non-hydrogen) atoms. The second-order valence-electron chi connectivity index (χ2n) is 7.09. The molecule has 0 spiro atoms. The number of morpholine rings is 1. The average Bonchev–Trinajstić information content (AvgIpc) is 2.67. The molecule has 0 aliphatic carbocycles. The molecular formula is C19H26F3N3OS. The average molecular weight is 401 g/mol. The van der Waals surface area contributed by atoms with Gasteiger partial charge in [-0.3, -0.25) is 4.90 Å². The number of halogens is 3. The highest BCUT2D eigenvalue weighted by molar-refractivity contribution is 7.80. The smallest absolute Gasteiger partial charge is 0.379 e. The van der Waals surface area contributed by atoms with Crippen LogP contribution in [-0.2, 0) is 10.9 Å². The first-order valence-electron chi connectivity index (χ1n) is 9.48. The zero-order valence-corrected chi connectivity index (χ0v) is 16.1. The van der Waals surface area contributed by atoms with Crippen LogP contribution >= 0.6 is 12.2 Å². The molecular weight excluding hydrogens is 375 g/mol. The minimum Gasteiger partial charge on any atom is -0.379 e. The van der Waals surface area contributed by atoms with Crippen molar-refractivity contribution in [2.75, 3.05) is 44.7 Å². The van der Waals surface area contributed by atoms with E-state index in [1.807, 2.05) is 0 Å². The van der Waals surface area contributed by atoms with Crippen molar-refractivity contribution in [3.8, 4) is 0 Å². The van der Waals surface area contributed by atoms with Crippen molar-refractivity contribution in [1.29, 1.82) is 0 Å². The lowest BCUT2D eigenvalue weighted by Gasteiger charge is -2.39. The summed E-state index contributed by atoms with van der Waals surface area (Å²) in [5, 5.41) is 3.53. The Bertz CT molecular complexity index is 635. The molecule has 0 saturated carbocycles. The number of hydrogen-bond donors (Lipinski definition) is 1. The van der Waals surface area contributed by atoms with Gasteiger partial charge in [0.2, 0.25) is 0 Å². The van der Waals surface area contributed by atoms with E-state index in [0.29, 0.717) is 16.8 Å². The number of nitrogens with one attached hydrogen (secondary N) is 1. The molecule has 2 saturated heterocycles. The Hall–Kier alpha value is -1.38. The zero-order valence-electron chi connectivity index (χ0n) is 15.3. The number of piperidine rings is 1. The number of alkyl halides is 3. The summed E-state index contributed by atoms with van der Waals surface area (Å²) < 4.78 is 44.1. The molecule has 1 atom stereocenters. The van der Waals surface area contributed by atoms with Gasteiger partial charge in [-0.15, -0.1) is 0 Å². The summed E-state index contributed by atoms with van der Waals surface area (Å²) in [6, 6.07) is 5.53. The minimum absolute atomic E-state index is 0.326. The molecule has 2 aliphatic rings. The summed E-state index contributed by atoms with van der Waals surface area (Å²) in [5.41, 5.74) is -0.287. The monoisotopic (exact) mass is 401 g/mol. The van der Waals surface area contributed by atoms with E-state index in [2.05, 4.69) is 15.1 Å². The van der Waals surface area contributed by atoms with Crippen LogP contribution in [0.15, 0.2) is 24.3 Å². The number of rotatable bonds is 4. The quantitative estimate of drug-likeness (QED) is 0.771. The first-order chi connectivity index (χ1) is 12.9. The molecule has 2 heterocycles. The maximum atomic E-state index is 12.9. The highest BCUT2D eigenvalue weighted by Crippen LogP contribution is 2.31. The Labute approximate surface area is 163 Å². The SMILES string of the molecule is FC(F)(F)c1cccc(NC(=S)N2CCCCC2CCN2CCOCC2)c1. The fourth-order valence-corrected chi connectivity index (χ4v) is 4.05. The van der Waals surface area contributed by atoms with Crippen molar-refractivity contribution in [2.24, 2.45) is 0 Å². The maximum absolute atomic E-state index is 12.9. The van der Waals surface area contributed by atoms with Crippen LogP contribution in [0.5, 0.6) is 0 Å². The summed E-state index contributed by atoms with van der Waals surface area (Å²) in [5.74, 6) is 0. The second-order valence-corrected chi connectivity index (χ2v) is 7.48. The van der Waals surface area contributed by atoms with Gasteiger partial charge in [-0.05, 0) is 56.1 Å². The van der Waals surface area contributed by atoms with E-state index >= 15 is 0 Å². The Balaban J connectivity index is 1.59. The third-order valence-corrected chi connectivity index (χ3v) is 5.55. The van der Waals surface area contributed by atoms with Crippen LogP contribution in [0.4, 0.5) is 18.9 Å². The second kappa shape index (κ2) is 9.21. The van der Waals surface area contributed by atoms with Gasteiger partial charge in [-0.25, -0.2) is 0 Å². The fourth-order valence-electron chi connectivity index (χ4n) is 3.69. The molecule has 0 aromatic heterocycles. The van der Waals surface area contributed by atoms with Crippen molar-refractivity contribution in [3.63, 3.8) is 0 Å². The third-order valence-electron chi connectivity index (χ3n) is 5.21. The van der Waals surface area contributed by atoms with Crippen LogP contribution in [0, 0.1) is 0 Å². The van der Waals surface area contributed by atoms with Gasteiger partial charge < -0.3 is 15.0 Å². The van der Waals surface area contributed by atoms with E-state index in [-0.39, 0.29) is 0 Å². The Morgan fingerprint density at radius 2 is 1.96 bits per heavy atom. The first kappa shape index (κ1) is 20.4. The van der Waals surface area contributed by atoms with Crippen molar-refractivity contribution in [2.45, 2.75) is 37.9 Å². The number of ether oxygens (including phenoxy) is 1. The molecule has 1 N–H and O–H groups in total. The molecule has 150 valence electrons. The predicted molar refractivity (Wildman–Crippen MR) is 104 cm³/mol. The number of likely N-dealkylation sites (tertiary alicyclic amines) is 1. The standard InChI is InChI=1S/C19H26F3N3OS/c20-19(21,22)15-4-3-5-16(14-15)23-18(27)25-8-2-1-6-17(25)7-9-24-10-12-26-13-11-24/h3-5,14,17H,1-2,6-13H2,(H,23,27). The van der Waals surface area contributed by atoms with E-state index in [9.17, 15) is 13.2 Å². The van der Waals surface area contributed by atoms with Crippen molar-refractivity contribution < 1.29 is 17.9 Å². The van der Waals surface area contributed by atoms with E-state index in [1.165, 1.54) is 6.07 Å². The van der Waals surface area contributed by atoms with E-state index in [1.54, 1.807) is 6.07 Å². The number of anilines is 1. The number of nitrogens with zero attached hydrogens (tertiary/aromatic N) is 2. The van der Waals surface area contributed by atoms with Gasteiger partial charge in [-0.2, -0.15) is 13.2 Å². The lowest BCUT2D eigenvalue weighted by atomic mass is 9.99. The highest BCUT2D eigenvalue weighted by atomic mass is 32.1. The minimum atomic E-state index is -4.36. The van der Waals surface area contributed by atoms with Crippen LogP contribution in [0.1, 0.15) is 31.2 Å². The summed E-state index contributed by atoms with van der Waals surface area (Å²) in [7, 11) is 0. The predicted octanol–water partition coefficient (Wildman–Crippen LogP) is 3.98. The largest absolute Gasteiger partial charge is 0.416 e. The molecule has 0 amide bonds. The maximum Gasteiger partial charge on any atom is 0.416 e. The number of benzene rings is 1. The normalized spacial score (nSPS) is 21.9. The molecule has 4 nitrogen and oxygen atoms in total. The van der Waals surface area contributed by atoms with Crippen molar-refractivity contribution in [1.82, 2.24) is 9.80 Å². The van der Waals surface area contributed by atoms with Gasteiger partial charge in [0.1, 0.15) is 0 Å². The first-order valence-corrected chi connectivity index (χ1v) is 9.89. The van der Waals surface area contributed by atoms with Crippen LogP contribution in [0.25, 0.3) is 0 Å². The molecule has 1 unspecified atom stereocenters. The van der Waals surface area contributed by atoms with E-state index in [0.717, 1.165) is 77.2 Å². The van der Waals surface area contributed by atoms with Crippen molar-refractivity contribution in [3.05, 3.63) is 29.8 Å². The van der Waals surface area contributed by atoms with Crippen LogP contribution in [-0.4, -0.2) is 60.3 Å². The number of thiocarbonyl (C=S) groups is 1. The van der Waals surface area contributed by atoms with E-state index < -0.39 is 11.7 Å². The summed E-state index contributed by atoms with van der Waals surface area (Å²) in [6.45, 7) is 5.32. The van der Waals surface area contributed by atoms with Crippen LogP contribution in [0.2, 0.25) is 0 Å². The Kier molecular flexibility index (Phi) is 6.94. The highest BCUT2D eigenvalue weighted by Gasteiger charge is 2.31. The lowest BCUT2D eigenvalue weighted by Crippen LogP contribution is -2.47. The van der Waals surface area contributed by atoms with Gasteiger partial charge >= 0.3 is 6.18 Å². The molecule has 1 aromatic carbocycles. The van der Waals surface area contributed by atoms with Crippen molar-refractivity contribution >= 4 is 23.0 Å². The van der Waals surface area contributed by atoms with Gasteiger partial charge in [0.25, 0.3) is 0 Å². The lowest BCUT2D eigenvalue weighted by molar-refractivity contribution is -0.137. The molecule has 0 bridgehead atoms. The van der Waals surface area contributed by atoms with Crippen LogP contribution in [0.3, 0.4) is 0 Å². The van der Waals surface area contributed by atoms with Gasteiger partial charge in [-0.1, -0.05) is 6.07 Å². The molecule has 0 radical (unpaired) electrons. The molecule has 2 fully saturated rings. The molecule has 8 heteroatoms. The fraction of sp³-hybridized carbons (Fsp3) is 0.632. The Morgan fingerprint density at radius 3 is 2.70 bits per heavy atom. The topological polar surface area (TPSA) is 27.7 Å². The summed E-state index contributed by atoms with van der Waals surface area (Å²) >= 11 is 5.54. The van der Waals surface area contributed by atoms with Gasteiger partial charge in [0.05, 0.1) is 18.8 Å². The molecule has 1 aromatic rings. The molecule has 3 rings (SSSR count). The number of hydrogen-bond acceptors (Lipinski definition) is 3. The zero-order chi connectivity index (χ0) is 19.3.